The van der Waals surface area contributed by atoms with Crippen molar-refractivity contribution in [3.63, 3.8) is 0 Å². The molecule has 0 bridgehead atoms. The molecule has 1 aliphatic carbocycles. The molecule has 0 radical (unpaired) electrons. The van der Waals surface area contributed by atoms with Crippen LogP contribution in [0.5, 0.6) is 0 Å². The maximum absolute atomic E-state index is 5.82. The number of allylic oxidation sites excluding steroid dienone is 6. The molecule has 0 saturated carbocycles. The van der Waals surface area contributed by atoms with Crippen molar-refractivity contribution in [1.29, 1.82) is 0 Å². The van der Waals surface area contributed by atoms with Gasteiger partial charge in [0.15, 0.2) is 0 Å². The van der Waals surface area contributed by atoms with E-state index in [-0.39, 0.29) is 0 Å². The highest BCUT2D eigenvalue weighted by atomic mass is 16.3. The molecule has 1 heterocycles. The predicted molar refractivity (Wildman–Crippen MR) is 67.1 cm³/mol. The maximum atomic E-state index is 5.82. The van der Waals surface area contributed by atoms with Crippen LogP contribution in [0.1, 0.15) is 12.2 Å². The van der Waals surface area contributed by atoms with Crippen molar-refractivity contribution in [3.05, 3.63) is 66.5 Å². The topological polar surface area (TPSA) is 13.1 Å². The molecule has 1 heteroatoms. The van der Waals surface area contributed by atoms with Crippen LogP contribution in [0.15, 0.2) is 65.1 Å². The van der Waals surface area contributed by atoms with E-state index in [0.717, 1.165) is 28.7 Å². The largest absolute Gasteiger partial charge is 0.456 e. The lowest BCUT2D eigenvalue weighted by atomic mass is 10.1. The molecule has 16 heavy (non-hydrogen) atoms. The summed E-state index contributed by atoms with van der Waals surface area (Å²) in [7, 11) is 0. The highest BCUT2D eigenvalue weighted by Crippen LogP contribution is 2.26. The van der Waals surface area contributed by atoms with Crippen LogP contribution >= 0.6 is 0 Å². The zero-order valence-electron chi connectivity index (χ0n) is 8.89. The number of rotatable bonds is 1. The summed E-state index contributed by atoms with van der Waals surface area (Å²) >= 11 is 0. The van der Waals surface area contributed by atoms with Crippen molar-refractivity contribution in [3.8, 4) is 0 Å². The molecule has 1 aromatic carbocycles. The Labute approximate surface area is 94.4 Å². The summed E-state index contributed by atoms with van der Waals surface area (Å²) in [4.78, 5) is 0. The fraction of sp³-hybridized carbons (Fsp3) is 0.0667. The fourth-order valence-electron chi connectivity index (χ4n) is 1.89. The third-order valence-electron chi connectivity index (χ3n) is 2.71. The number of fused-ring (bicyclic) bond motifs is 1. The number of hydrogen-bond acceptors (Lipinski definition) is 1. The highest BCUT2D eigenvalue weighted by molar-refractivity contribution is 5.84. The van der Waals surface area contributed by atoms with E-state index in [1.54, 1.807) is 0 Å². The molecular weight excluding hydrogens is 196 g/mol. The van der Waals surface area contributed by atoms with Crippen LogP contribution in [0, 0.1) is 0 Å². The summed E-state index contributed by atoms with van der Waals surface area (Å²) < 4.78 is 5.82. The van der Waals surface area contributed by atoms with E-state index < -0.39 is 0 Å². The Bertz CT molecular complexity index is 564. The van der Waals surface area contributed by atoms with E-state index in [4.69, 9.17) is 4.42 Å². The number of hydrogen-bond donors (Lipinski definition) is 0. The van der Waals surface area contributed by atoms with E-state index in [2.05, 4.69) is 36.4 Å². The summed E-state index contributed by atoms with van der Waals surface area (Å²) in [6, 6.07) is 10.2. The molecule has 1 nitrogen and oxygen atoms in total. The third-order valence-corrected chi connectivity index (χ3v) is 2.71. The molecule has 0 amide bonds. The normalized spacial score (nSPS) is 15.1. The lowest BCUT2D eigenvalue weighted by Gasteiger charge is -1.94. The Morgan fingerprint density at radius 2 is 2.00 bits per heavy atom. The number of benzene rings is 1. The maximum Gasteiger partial charge on any atom is 0.135 e. The molecule has 0 fully saturated rings. The van der Waals surface area contributed by atoms with Crippen molar-refractivity contribution in [2.24, 2.45) is 0 Å². The van der Waals surface area contributed by atoms with Crippen LogP contribution in [0.3, 0.4) is 0 Å². The molecule has 0 aliphatic heterocycles. The van der Waals surface area contributed by atoms with E-state index in [1.807, 2.05) is 24.3 Å². The summed E-state index contributed by atoms with van der Waals surface area (Å²) in [5.74, 6) is 0.946. The van der Waals surface area contributed by atoms with Gasteiger partial charge in [-0.3, -0.25) is 0 Å². The molecule has 0 saturated heterocycles. The van der Waals surface area contributed by atoms with Crippen LogP contribution in [-0.2, 0) is 0 Å². The Kier molecular flexibility index (Phi) is 2.22. The lowest BCUT2D eigenvalue weighted by molar-refractivity contribution is 0.601. The SMILES string of the molecule is C1=CCC=C(c2cc3ccccc3o2)C=C1. The number of para-hydroxylation sites is 1. The van der Waals surface area contributed by atoms with Crippen molar-refractivity contribution in [1.82, 2.24) is 0 Å². The van der Waals surface area contributed by atoms with Crippen molar-refractivity contribution in [2.75, 3.05) is 0 Å². The third kappa shape index (κ3) is 1.61. The van der Waals surface area contributed by atoms with Gasteiger partial charge in [0.2, 0.25) is 0 Å². The minimum Gasteiger partial charge on any atom is -0.456 e. The molecule has 0 unspecified atom stereocenters. The fourth-order valence-corrected chi connectivity index (χ4v) is 1.89. The average Bonchev–Trinajstić information content (AvgIpc) is 2.56. The average molecular weight is 208 g/mol. The van der Waals surface area contributed by atoms with Gasteiger partial charge in [-0.1, -0.05) is 48.6 Å². The minimum atomic E-state index is 0.946. The van der Waals surface area contributed by atoms with Crippen LogP contribution < -0.4 is 0 Å². The van der Waals surface area contributed by atoms with Gasteiger partial charge in [-0.15, -0.1) is 0 Å². The van der Waals surface area contributed by atoms with E-state index in [0.29, 0.717) is 0 Å². The van der Waals surface area contributed by atoms with Crippen LogP contribution in [0.4, 0.5) is 0 Å². The van der Waals surface area contributed by atoms with Gasteiger partial charge in [0.1, 0.15) is 11.3 Å². The van der Waals surface area contributed by atoms with Gasteiger partial charge >= 0.3 is 0 Å². The Balaban J connectivity index is 2.09. The quantitative estimate of drug-likeness (QED) is 0.679. The molecule has 0 spiro atoms. The molecule has 3 rings (SSSR count). The zero-order valence-corrected chi connectivity index (χ0v) is 8.89. The minimum absolute atomic E-state index is 0.946. The van der Waals surface area contributed by atoms with Gasteiger partial charge in [0.05, 0.1) is 0 Å². The monoisotopic (exact) mass is 208 g/mol. The smallest absolute Gasteiger partial charge is 0.135 e. The second-order valence-corrected chi connectivity index (χ2v) is 3.83. The standard InChI is InChI=1S/C15H12O/c1-2-4-8-12(7-3-1)15-11-13-9-5-6-10-14(13)16-15/h1-3,5-11H,4H2. The number of furan rings is 1. The Hall–Kier alpha value is -2.02. The Morgan fingerprint density at radius 1 is 1.06 bits per heavy atom. The van der Waals surface area contributed by atoms with Crippen LogP contribution in [0.25, 0.3) is 16.5 Å². The predicted octanol–water partition coefficient (Wildman–Crippen LogP) is 4.33. The van der Waals surface area contributed by atoms with Gasteiger partial charge in [0.25, 0.3) is 0 Å². The summed E-state index contributed by atoms with van der Waals surface area (Å²) in [5.41, 5.74) is 2.10. The molecule has 0 N–H and O–H groups in total. The molecular formula is C15H12O. The van der Waals surface area contributed by atoms with Gasteiger partial charge in [0, 0.05) is 11.0 Å². The summed E-state index contributed by atoms with van der Waals surface area (Å²) in [6.07, 6.45) is 11.5. The van der Waals surface area contributed by atoms with E-state index in [1.165, 1.54) is 0 Å². The van der Waals surface area contributed by atoms with Gasteiger partial charge in [-0.25, -0.2) is 0 Å². The molecule has 1 aromatic heterocycles. The lowest BCUT2D eigenvalue weighted by Crippen LogP contribution is -1.74. The van der Waals surface area contributed by atoms with Gasteiger partial charge in [-0.05, 0) is 18.6 Å². The first-order valence-electron chi connectivity index (χ1n) is 5.46. The molecule has 1 aliphatic rings. The summed E-state index contributed by atoms with van der Waals surface area (Å²) in [5, 5.41) is 1.16. The van der Waals surface area contributed by atoms with E-state index >= 15 is 0 Å². The zero-order chi connectivity index (χ0) is 10.8. The van der Waals surface area contributed by atoms with Crippen molar-refractivity contribution in [2.45, 2.75) is 6.42 Å². The van der Waals surface area contributed by atoms with Gasteiger partial charge < -0.3 is 4.42 Å². The molecule has 78 valence electrons. The van der Waals surface area contributed by atoms with Crippen molar-refractivity contribution >= 4 is 16.5 Å². The van der Waals surface area contributed by atoms with Gasteiger partial charge in [-0.2, -0.15) is 0 Å². The Morgan fingerprint density at radius 3 is 2.94 bits per heavy atom. The van der Waals surface area contributed by atoms with E-state index in [9.17, 15) is 0 Å². The second-order valence-electron chi connectivity index (χ2n) is 3.83. The summed E-state index contributed by atoms with van der Waals surface area (Å²) in [6.45, 7) is 0. The first-order chi connectivity index (χ1) is 7.93. The first kappa shape index (κ1) is 9.22. The van der Waals surface area contributed by atoms with Crippen LogP contribution in [0.2, 0.25) is 0 Å². The van der Waals surface area contributed by atoms with Crippen LogP contribution in [-0.4, -0.2) is 0 Å². The first-order valence-corrected chi connectivity index (χ1v) is 5.46. The second kappa shape index (κ2) is 3.86. The highest BCUT2D eigenvalue weighted by Gasteiger charge is 2.06. The molecule has 0 atom stereocenters. The van der Waals surface area contributed by atoms with Crippen molar-refractivity contribution < 1.29 is 4.42 Å². The molecule has 2 aromatic rings.